The summed E-state index contributed by atoms with van der Waals surface area (Å²) >= 11 is 0. The van der Waals surface area contributed by atoms with Crippen LogP contribution in [0.4, 0.5) is 0 Å². The molecule has 0 saturated carbocycles. The Balaban J connectivity index is 0.000000241. The lowest BCUT2D eigenvalue weighted by molar-refractivity contribution is 0.403. The average Bonchev–Trinajstić information content (AvgIpc) is 3.02. The van der Waals surface area contributed by atoms with Crippen LogP contribution in [0.1, 0.15) is 0 Å². The summed E-state index contributed by atoms with van der Waals surface area (Å²) in [5, 5.41) is 5.71. The van der Waals surface area contributed by atoms with E-state index in [1.54, 1.807) is 0 Å². The fraction of sp³-hybridized carbons (Fsp3) is 0.143. The third-order valence-electron chi connectivity index (χ3n) is 7.14. The molecule has 0 spiro atoms. The third-order valence-corrected chi connectivity index (χ3v) is 21.1. The number of hydrogen-bond donors (Lipinski definition) is 0. The van der Waals surface area contributed by atoms with Gasteiger partial charge in [0.2, 0.25) is 16.6 Å². The summed E-state index contributed by atoms with van der Waals surface area (Å²) in [6.07, 6.45) is 0. The first-order valence-electron chi connectivity index (χ1n) is 14.3. The fourth-order valence-electron chi connectivity index (χ4n) is 5.17. The van der Waals surface area contributed by atoms with Crippen molar-refractivity contribution >= 4 is 59.8 Å². The van der Waals surface area contributed by atoms with Crippen molar-refractivity contribution in [3.05, 3.63) is 152 Å². The van der Waals surface area contributed by atoms with Crippen molar-refractivity contribution in [2.24, 2.45) is 0 Å². The Labute approximate surface area is 256 Å². The second-order valence-corrected chi connectivity index (χ2v) is 24.4. The maximum Gasteiger partial charge on any atom is 0.346 e. The summed E-state index contributed by atoms with van der Waals surface area (Å²) in [5.41, 5.74) is 0. The first-order chi connectivity index (χ1) is 20.1. The summed E-state index contributed by atoms with van der Waals surface area (Å²) < 4.78 is 25.9. The zero-order chi connectivity index (χ0) is 30.1. The highest BCUT2D eigenvalue weighted by atomic mass is 28.5. The van der Waals surface area contributed by atoms with Gasteiger partial charge in [-0.2, -0.15) is 0 Å². The van der Waals surface area contributed by atoms with Gasteiger partial charge in [0.1, 0.15) is 0 Å². The maximum atomic E-state index is 12.0. The molecule has 0 aliphatic carbocycles. The maximum absolute atomic E-state index is 12.0. The van der Waals surface area contributed by atoms with Crippen LogP contribution in [0.2, 0.25) is 32.7 Å². The van der Waals surface area contributed by atoms with Crippen molar-refractivity contribution in [3.63, 3.8) is 0 Å². The van der Waals surface area contributed by atoms with Gasteiger partial charge < -0.3 is 12.7 Å². The second-order valence-electron chi connectivity index (χ2n) is 11.3. The molecule has 5 aromatic rings. The quantitative estimate of drug-likeness (QED) is 0.206. The van der Waals surface area contributed by atoms with E-state index in [9.17, 15) is 4.46 Å². The lowest BCUT2D eigenvalue weighted by Gasteiger charge is -2.40. The molecule has 0 radical (unpaired) electrons. The van der Waals surface area contributed by atoms with Gasteiger partial charge in [-0.15, -0.1) is 0 Å². The molecule has 42 heavy (non-hydrogen) atoms. The predicted octanol–water partition coefficient (Wildman–Crippen LogP) is 5.45. The minimum atomic E-state index is -2.40. The Bertz CT molecular complexity index is 1450. The zero-order valence-corrected chi connectivity index (χ0v) is 29.2. The van der Waals surface area contributed by atoms with Crippen LogP contribution in [0.25, 0.3) is 0 Å². The normalized spacial score (nSPS) is 11.7. The molecule has 0 aliphatic rings. The van der Waals surface area contributed by atoms with Gasteiger partial charge >= 0.3 is 17.2 Å². The minimum absolute atomic E-state index is 0.920. The van der Waals surface area contributed by atoms with Gasteiger partial charge in [0.15, 0.2) is 0 Å². The van der Waals surface area contributed by atoms with Crippen LogP contribution >= 0.6 is 0 Å². The van der Waals surface area contributed by atoms with Crippen LogP contribution in [0, 0.1) is 0 Å². The van der Waals surface area contributed by atoms with E-state index >= 15 is 0 Å². The lowest BCUT2D eigenvalue weighted by Crippen LogP contribution is -2.65. The van der Waals surface area contributed by atoms with E-state index in [4.69, 9.17) is 8.23 Å². The van der Waals surface area contributed by atoms with Crippen LogP contribution in [0.5, 0.6) is 0 Å². The Morgan fingerprint density at radius 3 is 1.10 bits per heavy atom. The van der Waals surface area contributed by atoms with Gasteiger partial charge in [0, 0.05) is 10.4 Å². The molecule has 0 unspecified atom stereocenters. The molecule has 0 amide bonds. The summed E-state index contributed by atoms with van der Waals surface area (Å²) in [6, 6.07) is 51.1. The lowest BCUT2D eigenvalue weighted by atomic mass is 10.4. The molecule has 0 heterocycles. The molecule has 0 aromatic heterocycles. The molecule has 5 rings (SSSR count). The molecule has 0 N–H and O–H groups in total. The Morgan fingerprint density at radius 1 is 0.429 bits per heavy atom. The van der Waals surface area contributed by atoms with E-state index in [0.717, 1.165) is 10.4 Å². The molecule has 0 saturated heterocycles. The average molecular weight is 621 g/mol. The van der Waals surface area contributed by atoms with Crippen molar-refractivity contribution in [2.45, 2.75) is 32.7 Å². The highest BCUT2D eigenvalue weighted by molar-refractivity contribution is 7.02. The molecule has 0 atom stereocenters. The van der Waals surface area contributed by atoms with Crippen molar-refractivity contribution in [1.82, 2.24) is 0 Å². The van der Waals surface area contributed by atoms with Gasteiger partial charge in [0.25, 0.3) is 0 Å². The van der Waals surface area contributed by atoms with E-state index in [2.05, 4.69) is 124 Å². The summed E-state index contributed by atoms with van der Waals surface area (Å²) in [6.45, 7) is 11.2. The largest absolute Gasteiger partial charge is 0.433 e. The molecule has 214 valence electrons. The van der Waals surface area contributed by atoms with Crippen LogP contribution in [-0.2, 0) is 12.7 Å². The smallest absolute Gasteiger partial charge is 0.346 e. The first kappa shape index (κ1) is 31.6. The summed E-state index contributed by atoms with van der Waals surface area (Å²) in [5.74, 6) is 0. The number of benzene rings is 5. The second kappa shape index (κ2) is 14.2. The highest BCUT2D eigenvalue weighted by Gasteiger charge is 2.44. The number of hydrogen-bond acceptors (Lipinski definition) is 3. The molecule has 0 bridgehead atoms. The summed E-state index contributed by atoms with van der Waals surface area (Å²) in [7, 11) is -8.63. The van der Waals surface area contributed by atoms with Crippen LogP contribution in [-0.4, -0.2) is 33.9 Å². The molecule has 5 aromatic carbocycles. The van der Waals surface area contributed by atoms with Gasteiger partial charge in [0.05, 0.1) is 0 Å². The van der Waals surface area contributed by atoms with Crippen LogP contribution < -0.4 is 25.9 Å². The Kier molecular flexibility index (Phi) is 10.7. The van der Waals surface area contributed by atoms with E-state index in [1.165, 1.54) is 15.6 Å². The topological polar surface area (TPSA) is 35.5 Å². The fourth-order valence-corrected chi connectivity index (χ4v) is 20.3. The zero-order valence-electron chi connectivity index (χ0n) is 25.2. The SMILES string of the molecule is C[Si](C)(O[Si](C)(C)c1ccccc1)O[Si](C)(c1ccccc1)c1ccccc1.O=[Si](c1ccccc1)c1ccccc1. The predicted molar refractivity (Wildman–Crippen MR) is 186 cm³/mol. The van der Waals surface area contributed by atoms with E-state index in [0.29, 0.717) is 0 Å². The molecule has 0 aliphatic heterocycles. The highest BCUT2D eigenvalue weighted by Crippen LogP contribution is 2.21. The van der Waals surface area contributed by atoms with Crippen LogP contribution in [0.3, 0.4) is 0 Å². The Morgan fingerprint density at radius 2 is 0.738 bits per heavy atom. The summed E-state index contributed by atoms with van der Waals surface area (Å²) in [4.78, 5) is 0. The van der Waals surface area contributed by atoms with Crippen LogP contribution in [0.15, 0.2) is 152 Å². The third kappa shape index (κ3) is 8.38. The Hall–Kier alpha value is -3.31. The van der Waals surface area contributed by atoms with Crippen molar-refractivity contribution in [3.8, 4) is 0 Å². The molecule has 7 heteroatoms. The van der Waals surface area contributed by atoms with Crippen molar-refractivity contribution in [1.29, 1.82) is 0 Å². The van der Waals surface area contributed by atoms with Gasteiger partial charge in [-0.1, -0.05) is 152 Å². The van der Waals surface area contributed by atoms with Gasteiger partial charge in [-0.05, 0) is 48.3 Å². The van der Waals surface area contributed by atoms with Gasteiger partial charge in [-0.25, -0.2) is 0 Å². The van der Waals surface area contributed by atoms with Gasteiger partial charge in [-0.3, -0.25) is 0 Å². The van der Waals surface area contributed by atoms with Crippen molar-refractivity contribution in [2.75, 3.05) is 0 Å². The number of rotatable bonds is 9. The van der Waals surface area contributed by atoms with E-state index in [-0.39, 0.29) is 0 Å². The molecule has 3 nitrogen and oxygen atoms in total. The molecular weight excluding hydrogens is 581 g/mol. The van der Waals surface area contributed by atoms with Crippen molar-refractivity contribution < 1.29 is 12.7 Å². The first-order valence-corrected chi connectivity index (χ1v) is 23.9. The minimum Gasteiger partial charge on any atom is -0.433 e. The molecule has 0 fully saturated rings. The standard InChI is InChI=1S/C23H30O2Si3.C12H10OSi/c1-26(2,21-15-9-6-10-16-21)24-27(3,4)25-28(5,22-17-11-7-12-18-22)23-19-13-8-14-20-23;13-14(11-7-3-1-4-8-11)12-9-5-2-6-10-12/h6-20H,1-5H3;1-10H. The molecular formula is C35H40O3Si4. The van der Waals surface area contributed by atoms with E-state index in [1.807, 2.05) is 60.7 Å². The van der Waals surface area contributed by atoms with E-state index < -0.39 is 33.9 Å². The monoisotopic (exact) mass is 620 g/mol.